The highest BCUT2D eigenvalue weighted by Crippen LogP contribution is 2.42. The van der Waals surface area contributed by atoms with Crippen molar-refractivity contribution < 1.29 is 23.0 Å². The molecule has 1 fully saturated rings. The normalized spacial score (nSPS) is 21.5. The van der Waals surface area contributed by atoms with Crippen LogP contribution in [0.1, 0.15) is 31.4 Å². The molecule has 8 nitrogen and oxygen atoms in total. The number of halogens is 3. The first-order valence-corrected chi connectivity index (χ1v) is 11.2. The van der Waals surface area contributed by atoms with E-state index in [9.17, 15) is 18.3 Å². The van der Waals surface area contributed by atoms with E-state index in [0.29, 0.717) is 19.5 Å². The summed E-state index contributed by atoms with van der Waals surface area (Å²) in [5.74, 6) is 1.49. The van der Waals surface area contributed by atoms with Crippen LogP contribution in [0, 0.1) is 6.92 Å². The lowest BCUT2D eigenvalue weighted by Gasteiger charge is -2.30. The van der Waals surface area contributed by atoms with Gasteiger partial charge < -0.3 is 30.7 Å². The number of anilines is 4. The Morgan fingerprint density at radius 2 is 1.94 bits per heavy atom. The SMILES string of the molecule is Cc1cc(Nc2cc(O[C@H]3CC[C@@H](NC[C@@H](O)C(F)(F)F)CC3)cc3c2NCN3C)nn1C. The average Bonchev–Trinajstić information content (AvgIpc) is 3.28. The molecule has 0 spiro atoms. The maximum atomic E-state index is 12.5. The zero-order valence-corrected chi connectivity index (χ0v) is 19.0. The second-order valence-corrected chi connectivity index (χ2v) is 8.87. The summed E-state index contributed by atoms with van der Waals surface area (Å²) in [5, 5.41) is 23.3. The van der Waals surface area contributed by atoms with Gasteiger partial charge in [0.25, 0.3) is 0 Å². The van der Waals surface area contributed by atoms with Crippen molar-refractivity contribution in [1.82, 2.24) is 15.1 Å². The van der Waals surface area contributed by atoms with Crippen molar-refractivity contribution >= 4 is 22.9 Å². The van der Waals surface area contributed by atoms with Crippen LogP contribution in [-0.4, -0.2) is 59.6 Å². The molecule has 2 aromatic rings. The van der Waals surface area contributed by atoms with Crippen molar-refractivity contribution in [2.45, 2.75) is 57.0 Å². The van der Waals surface area contributed by atoms with Crippen LogP contribution in [0.4, 0.5) is 36.1 Å². The number of nitrogens with zero attached hydrogens (tertiary/aromatic N) is 3. The molecule has 11 heteroatoms. The Labute approximate surface area is 191 Å². The second kappa shape index (κ2) is 9.30. The van der Waals surface area contributed by atoms with Crippen LogP contribution in [0.25, 0.3) is 0 Å². The van der Waals surface area contributed by atoms with Gasteiger partial charge in [0, 0.05) is 50.6 Å². The number of hydrogen-bond acceptors (Lipinski definition) is 7. The highest BCUT2D eigenvalue weighted by Gasteiger charge is 2.38. The van der Waals surface area contributed by atoms with Crippen molar-refractivity contribution in [3.8, 4) is 5.75 Å². The van der Waals surface area contributed by atoms with Gasteiger partial charge in [-0.2, -0.15) is 18.3 Å². The molecular formula is C22H31F3N6O2. The van der Waals surface area contributed by atoms with Crippen molar-refractivity contribution in [2.75, 3.05) is 35.8 Å². The molecule has 0 amide bonds. The number of aliphatic hydroxyl groups excluding tert-OH is 1. The van der Waals surface area contributed by atoms with Gasteiger partial charge in [-0.1, -0.05) is 0 Å². The number of ether oxygens (including phenoxy) is 1. The van der Waals surface area contributed by atoms with Crippen molar-refractivity contribution in [3.05, 3.63) is 23.9 Å². The number of rotatable bonds is 7. The van der Waals surface area contributed by atoms with E-state index in [0.717, 1.165) is 47.2 Å². The predicted octanol–water partition coefficient (Wildman–Crippen LogP) is 3.49. The molecule has 1 aromatic heterocycles. The summed E-state index contributed by atoms with van der Waals surface area (Å²) >= 11 is 0. The minimum absolute atomic E-state index is 0.0155. The summed E-state index contributed by atoms with van der Waals surface area (Å²) in [6.07, 6.45) is -4.10. The molecule has 4 rings (SSSR count). The lowest BCUT2D eigenvalue weighted by atomic mass is 9.92. The van der Waals surface area contributed by atoms with Gasteiger partial charge in [-0.25, -0.2) is 0 Å². The van der Waals surface area contributed by atoms with E-state index in [1.165, 1.54) is 0 Å². The summed E-state index contributed by atoms with van der Waals surface area (Å²) in [7, 11) is 3.90. The minimum atomic E-state index is -4.59. The molecule has 4 N–H and O–H groups in total. The molecule has 1 saturated carbocycles. The highest BCUT2D eigenvalue weighted by atomic mass is 19.4. The highest BCUT2D eigenvalue weighted by molar-refractivity contribution is 5.89. The van der Waals surface area contributed by atoms with Crippen molar-refractivity contribution in [3.63, 3.8) is 0 Å². The molecular weight excluding hydrogens is 437 g/mol. The second-order valence-electron chi connectivity index (χ2n) is 8.87. The number of alkyl halides is 3. The predicted molar refractivity (Wildman–Crippen MR) is 121 cm³/mol. The summed E-state index contributed by atoms with van der Waals surface area (Å²) in [6.45, 7) is 2.20. The number of aliphatic hydroxyl groups is 1. The first-order chi connectivity index (χ1) is 15.6. The summed E-state index contributed by atoms with van der Waals surface area (Å²) in [5.41, 5.74) is 3.93. The van der Waals surface area contributed by atoms with Crippen molar-refractivity contribution in [1.29, 1.82) is 0 Å². The summed E-state index contributed by atoms with van der Waals surface area (Å²) in [4.78, 5) is 2.10. The maximum Gasteiger partial charge on any atom is 0.415 e. The van der Waals surface area contributed by atoms with Gasteiger partial charge in [0.15, 0.2) is 11.9 Å². The molecule has 33 heavy (non-hydrogen) atoms. The molecule has 0 unspecified atom stereocenters. The fourth-order valence-corrected chi connectivity index (χ4v) is 4.27. The van der Waals surface area contributed by atoms with E-state index in [2.05, 4.69) is 25.9 Å². The van der Waals surface area contributed by atoms with Gasteiger partial charge in [0.1, 0.15) is 5.75 Å². The first kappa shape index (κ1) is 23.5. The Morgan fingerprint density at radius 1 is 1.21 bits per heavy atom. The van der Waals surface area contributed by atoms with E-state index in [-0.39, 0.29) is 12.1 Å². The number of nitrogens with one attached hydrogen (secondary N) is 3. The molecule has 1 aliphatic heterocycles. The van der Waals surface area contributed by atoms with Gasteiger partial charge in [-0.15, -0.1) is 0 Å². The minimum Gasteiger partial charge on any atom is -0.490 e. The lowest BCUT2D eigenvalue weighted by Crippen LogP contribution is -2.44. The quantitative estimate of drug-likeness (QED) is 0.495. The smallest absolute Gasteiger partial charge is 0.415 e. The Kier molecular flexibility index (Phi) is 6.62. The zero-order chi connectivity index (χ0) is 23.8. The summed E-state index contributed by atoms with van der Waals surface area (Å²) < 4.78 is 45.6. The molecule has 0 radical (unpaired) electrons. The van der Waals surface area contributed by atoms with Gasteiger partial charge in [-0.05, 0) is 32.6 Å². The third kappa shape index (κ3) is 5.47. The van der Waals surface area contributed by atoms with E-state index < -0.39 is 18.8 Å². The van der Waals surface area contributed by atoms with Crippen LogP contribution in [0.3, 0.4) is 0 Å². The molecule has 1 aromatic carbocycles. The molecule has 1 atom stereocenters. The van der Waals surface area contributed by atoms with Crippen molar-refractivity contribution in [2.24, 2.45) is 7.05 Å². The number of fused-ring (bicyclic) bond motifs is 1. The van der Waals surface area contributed by atoms with Gasteiger partial charge in [0.2, 0.25) is 0 Å². The van der Waals surface area contributed by atoms with Crippen LogP contribution in [-0.2, 0) is 7.05 Å². The van der Waals surface area contributed by atoms with E-state index in [1.54, 1.807) is 0 Å². The van der Waals surface area contributed by atoms with Crippen LogP contribution in [0.2, 0.25) is 0 Å². The van der Waals surface area contributed by atoms with Crippen LogP contribution in [0.5, 0.6) is 5.75 Å². The number of aromatic nitrogens is 2. The van der Waals surface area contributed by atoms with E-state index in [1.807, 2.05) is 43.9 Å². The molecule has 0 bridgehead atoms. The number of hydrogen-bond donors (Lipinski definition) is 4. The van der Waals surface area contributed by atoms with Crippen LogP contribution < -0.4 is 25.6 Å². The fraction of sp³-hybridized carbons (Fsp3) is 0.591. The molecule has 2 aliphatic rings. The molecule has 2 heterocycles. The van der Waals surface area contributed by atoms with Gasteiger partial charge in [-0.3, -0.25) is 4.68 Å². The van der Waals surface area contributed by atoms with E-state index in [4.69, 9.17) is 4.74 Å². The molecule has 182 valence electrons. The summed E-state index contributed by atoms with van der Waals surface area (Å²) in [6, 6.07) is 5.89. The standard InChI is InChI=1S/C22H31F3N6O2/c1-13-8-20(29-31(13)3)28-17-9-16(10-18-21(17)27-12-30(18)2)33-15-6-4-14(5-7-15)26-11-19(32)22(23,24)25/h8-10,14-15,19,26-27,32H,4-7,11-12H2,1-3H3,(H,28,29)/t14-,15+,19-/m1/s1. The topological polar surface area (TPSA) is 86.6 Å². The Bertz CT molecular complexity index is 952. The largest absolute Gasteiger partial charge is 0.490 e. The Morgan fingerprint density at radius 3 is 2.58 bits per heavy atom. The Hall–Kier alpha value is -2.66. The lowest BCUT2D eigenvalue weighted by molar-refractivity contribution is -0.202. The monoisotopic (exact) mass is 468 g/mol. The first-order valence-electron chi connectivity index (χ1n) is 11.2. The van der Waals surface area contributed by atoms with Crippen LogP contribution >= 0.6 is 0 Å². The van der Waals surface area contributed by atoms with E-state index >= 15 is 0 Å². The molecule has 0 saturated heterocycles. The third-order valence-corrected chi connectivity index (χ3v) is 6.33. The molecule has 1 aliphatic carbocycles. The average molecular weight is 469 g/mol. The van der Waals surface area contributed by atoms with Gasteiger partial charge in [0.05, 0.1) is 29.8 Å². The van der Waals surface area contributed by atoms with Gasteiger partial charge >= 0.3 is 6.18 Å². The maximum absolute atomic E-state index is 12.5. The number of benzene rings is 1. The fourth-order valence-electron chi connectivity index (χ4n) is 4.27. The third-order valence-electron chi connectivity index (χ3n) is 6.33. The zero-order valence-electron chi connectivity index (χ0n) is 19.0. The van der Waals surface area contributed by atoms with Crippen LogP contribution in [0.15, 0.2) is 18.2 Å². The Balaban J connectivity index is 1.39. The number of aryl methyl sites for hydroxylation is 2.